The number of hydrogen-bond donors (Lipinski definition) is 2. The summed E-state index contributed by atoms with van der Waals surface area (Å²) in [5, 5.41) is 5.80. The Kier molecular flexibility index (Phi) is 5.10. The lowest BCUT2D eigenvalue weighted by Gasteiger charge is -2.33. The maximum absolute atomic E-state index is 13.3. The summed E-state index contributed by atoms with van der Waals surface area (Å²) in [5.74, 6) is -0.695. The van der Waals surface area contributed by atoms with Crippen molar-refractivity contribution in [2.75, 3.05) is 6.54 Å². The Morgan fingerprint density at radius 2 is 1.93 bits per heavy atom. The van der Waals surface area contributed by atoms with E-state index in [2.05, 4.69) is 10.6 Å². The van der Waals surface area contributed by atoms with Crippen LogP contribution < -0.4 is 10.6 Å². The van der Waals surface area contributed by atoms with Crippen LogP contribution in [-0.4, -0.2) is 29.3 Å². The summed E-state index contributed by atoms with van der Waals surface area (Å²) in [5.41, 5.74) is 4.20. The Bertz CT molecular complexity index is 1030. The number of carbonyl (C=O) groups excluding carboxylic acids is 3. The van der Waals surface area contributed by atoms with Crippen molar-refractivity contribution in [1.29, 1.82) is 0 Å². The molecule has 1 heterocycles. The highest BCUT2D eigenvalue weighted by Gasteiger charge is 2.54. The molecule has 6 nitrogen and oxygen atoms in total. The van der Waals surface area contributed by atoms with E-state index in [9.17, 15) is 14.4 Å². The molecular weight excluding hydrogens is 378 g/mol. The molecule has 2 aromatic rings. The van der Waals surface area contributed by atoms with Crippen LogP contribution in [-0.2, 0) is 21.5 Å². The molecule has 0 saturated carbocycles. The highest BCUT2D eigenvalue weighted by Crippen LogP contribution is 2.39. The molecule has 156 valence electrons. The average molecular weight is 405 g/mol. The fourth-order valence-electron chi connectivity index (χ4n) is 4.50. The van der Waals surface area contributed by atoms with Crippen molar-refractivity contribution in [1.82, 2.24) is 15.5 Å². The van der Waals surface area contributed by atoms with Gasteiger partial charge in [-0.05, 0) is 67.9 Å². The van der Waals surface area contributed by atoms with Gasteiger partial charge in [-0.25, -0.2) is 4.79 Å². The van der Waals surface area contributed by atoms with Gasteiger partial charge in [-0.1, -0.05) is 42.5 Å². The van der Waals surface area contributed by atoms with Gasteiger partial charge >= 0.3 is 6.03 Å². The summed E-state index contributed by atoms with van der Waals surface area (Å²) >= 11 is 0. The van der Waals surface area contributed by atoms with Gasteiger partial charge in [0.25, 0.3) is 5.91 Å². The number of benzene rings is 2. The molecular formula is C24H27N3O3. The molecule has 1 aliphatic carbocycles. The Morgan fingerprint density at radius 3 is 2.70 bits per heavy atom. The third kappa shape index (κ3) is 3.36. The van der Waals surface area contributed by atoms with Gasteiger partial charge in [0, 0.05) is 0 Å². The van der Waals surface area contributed by atoms with E-state index in [1.165, 1.54) is 5.56 Å². The third-order valence-electron chi connectivity index (χ3n) is 6.36. The highest BCUT2D eigenvalue weighted by atomic mass is 16.2. The topological polar surface area (TPSA) is 78.5 Å². The van der Waals surface area contributed by atoms with Crippen molar-refractivity contribution in [2.24, 2.45) is 0 Å². The van der Waals surface area contributed by atoms with Crippen LogP contribution in [0.25, 0.3) is 0 Å². The van der Waals surface area contributed by atoms with Crippen molar-refractivity contribution in [2.45, 2.75) is 51.6 Å². The van der Waals surface area contributed by atoms with Crippen LogP contribution in [0, 0.1) is 13.8 Å². The molecule has 2 atom stereocenters. The van der Waals surface area contributed by atoms with Gasteiger partial charge in [0.05, 0.1) is 6.04 Å². The van der Waals surface area contributed by atoms with Crippen LogP contribution in [0.5, 0.6) is 0 Å². The normalized spacial score (nSPS) is 21.4. The van der Waals surface area contributed by atoms with Gasteiger partial charge in [0.15, 0.2) is 0 Å². The lowest BCUT2D eigenvalue weighted by atomic mass is 9.76. The van der Waals surface area contributed by atoms with Crippen LogP contribution in [0.3, 0.4) is 0 Å². The van der Waals surface area contributed by atoms with E-state index in [0.717, 1.165) is 40.0 Å². The second kappa shape index (κ2) is 7.59. The zero-order valence-corrected chi connectivity index (χ0v) is 17.6. The summed E-state index contributed by atoms with van der Waals surface area (Å²) in [6.45, 7) is 5.68. The SMILES string of the molecule is Cc1ccc([C@@H](C)NC(=O)CN2C(=O)N[C@]3(CCCc4ccccc43)C2=O)cc1C. The third-order valence-corrected chi connectivity index (χ3v) is 6.36. The van der Waals surface area contributed by atoms with E-state index in [-0.39, 0.29) is 24.4 Å². The van der Waals surface area contributed by atoms with Crippen LogP contribution in [0.15, 0.2) is 42.5 Å². The number of rotatable bonds is 4. The second-order valence-corrected chi connectivity index (χ2v) is 8.37. The largest absolute Gasteiger partial charge is 0.348 e. The number of nitrogens with one attached hydrogen (secondary N) is 2. The minimum Gasteiger partial charge on any atom is -0.348 e. The average Bonchev–Trinajstić information content (AvgIpc) is 2.95. The van der Waals surface area contributed by atoms with Crippen molar-refractivity contribution >= 4 is 17.8 Å². The van der Waals surface area contributed by atoms with E-state index >= 15 is 0 Å². The molecule has 0 radical (unpaired) electrons. The number of nitrogens with zero attached hydrogens (tertiary/aromatic N) is 1. The zero-order chi connectivity index (χ0) is 21.5. The van der Waals surface area contributed by atoms with E-state index < -0.39 is 11.6 Å². The number of hydrogen-bond acceptors (Lipinski definition) is 3. The Morgan fingerprint density at radius 1 is 1.17 bits per heavy atom. The summed E-state index contributed by atoms with van der Waals surface area (Å²) < 4.78 is 0. The Hall–Kier alpha value is -3.15. The first-order valence-corrected chi connectivity index (χ1v) is 10.4. The van der Waals surface area contributed by atoms with Crippen LogP contribution >= 0.6 is 0 Å². The first-order chi connectivity index (χ1) is 14.3. The molecule has 2 N–H and O–H groups in total. The minimum absolute atomic E-state index is 0.220. The van der Waals surface area contributed by atoms with Crippen LogP contribution in [0.2, 0.25) is 0 Å². The minimum atomic E-state index is -1.05. The molecule has 4 amide bonds. The van der Waals surface area contributed by atoms with Gasteiger partial charge in [-0.15, -0.1) is 0 Å². The van der Waals surface area contributed by atoms with Crippen LogP contribution in [0.4, 0.5) is 4.79 Å². The summed E-state index contributed by atoms with van der Waals surface area (Å²) in [6, 6.07) is 13.0. The van der Waals surface area contributed by atoms with E-state index in [1.807, 2.05) is 63.2 Å². The lowest BCUT2D eigenvalue weighted by Crippen LogP contribution is -2.47. The molecule has 0 unspecified atom stereocenters. The molecule has 2 aliphatic rings. The van der Waals surface area contributed by atoms with E-state index in [0.29, 0.717) is 6.42 Å². The number of imide groups is 1. The molecule has 30 heavy (non-hydrogen) atoms. The number of urea groups is 1. The second-order valence-electron chi connectivity index (χ2n) is 8.37. The first-order valence-electron chi connectivity index (χ1n) is 10.4. The fraction of sp³-hybridized carbons (Fsp3) is 0.375. The van der Waals surface area contributed by atoms with Gasteiger partial charge in [0.1, 0.15) is 12.1 Å². The summed E-state index contributed by atoms with van der Waals surface area (Å²) in [7, 11) is 0. The summed E-state index contributed by atoms with van der Waals surface area (Å²) in [4.78, 5) is 39.7. The number of aryl methyl sites for hydroxylation is 3. The van der Waals surface area contributed by atoms with Crippen molar-refractivity contribution in [3.63, 3.8) is 0 Å². The van der Waals surface area contributed by atoms with Crippen molar-refractivity contribution in [3.05, 3.63) is 70.3 Å². The predicted octanol–water partition coefficient (Wildman–Crippen LogP) is 3.26. The number of fused-ring (bicyclic) bond motifs is 2. The van der Waals surface area contributed by atoms with Crippen molar-refractivity contribution in [3.8, 4) is 0 Å². The quantitative estimate of drug-likeness (QED) is 0.767. The molecule has 4 rings (SSSR count). The lowest BCUT2D eigenvalue weighted by molar-refractivity contribution is -0.135. The van der Waals surface area contributed by atoms with Crippen LogP contribution in [0.1, 0.15) is 53.6 Å². The van der Waals surface area contributed by atoms with Gasteiger partial charge in [-0.3, -0.25) is 14.5 Å². The van der Waals surface area contributed by atoms with Gasteiger partial charge < -0.3 is 10.6 Å². The number of carbonyl (C=O) groups is 3. The predicted molar refractivity (Wildman–Crippen MR) is 114 cm³/mol. The summed E-state index contributed by atoms with van der Waals surface area (Å²) in [6.07, 6.45) is 2.24. The van der Waals surface area contributed by atoms with Crippen molar-refractivity contribution < 1.29 is 14.4 Å². The van der Waals surface area contributed by atoms with E-state index in [1.54, 1.807) is 0 Å². The number of amides is 4. The zero-order valence-electron chi connectivity index (χ0n) is 17.6. The molecule has 2 aromatic carbocycles. The molecule has 0 bridgehead atoms. The highest BCUT2D eigenvalue weighted by molar-refractivity contribution is 6.09. The Balaban J connectivity index is 1.49. The molecule has 0 aromatic heterocycles. The standard InChI is InChI=1S/C24H27N3O3/c1-15-10-11-19(13-16(15)2)17(3)25-21(28)14-27-22(29)24(26-23(27)30)12-6-8-18-7-4-5-9-20(18)24/h4-5,7,9-11,13,17H,6,8,12,14H2,1-3H3,(H,25,28)(H,26,30)/t17-,24+/m1/s1. The Labute approximate surface area is 176 Å². The first kappa shape index (κ1) is 20.1. The maximum Gasteiger partial charge on any atom is 0.325 e. The maximum atomic E-state index is 13.3. The molecule has 1 aliphatic heterocycles. The molecule has 6 heteroatoms. The molecule has 1 fully saturated rings. The molecule has 1 spiro atoms. The van der Waals surface area contributed by atoms with E-state index in [4.69, 9.17) is 0 Å². The fourth-order valence-corrected chi connectivity index (χ4v) is 4.50. The smallest absolute Gasteiger partial charge is 0.325 e. The van der Waals surface area contributed by atoms with Gasteiger partial charge in [0.2, 0.25) is 5.91 Å². The monoisotopic (exact) mass is 405 g/mol. The molecule has 1 saturated heterocycles. The van der Waals surface area contributed by atoms with Gasteiger partial charge in [-0.2, -0.15) is 0 Å².